The van der Waals surface area contributed by atoms with Crippen LogP contribution in [0.1, 0.15) is 19.8 Å². The van der Waals surface area contributed by atoms with Crippen LogP contribution in [-0.4, -0.2) is 38.1 Å². The van der Waals surface area contributed by atoms with Crippen LogP contribution < -0.4 is 10.1 Å². The van der Waals surface area contributed by atoms with E-state index < -0.39 is 0 Å². The van der Waals surface area contributed by atoms with Crippen molar-refractivity contribution in [3.8, 4) is 5.75 Å². The highest BCUT2D eigenvalue weighted by Gasteiger charge is 2.38. The van der Waals surface area contributed by atoms with E-state index in [0.29, 0.717) is 12.5 Å². The highest BCUT2D eigenvalue weighted by molar-refractivity contribution is 5.94. The number of anilines is 1. The van der Waals surface area contributed by atoms with E-state index in [1.807, 2.05) is 24.3 Å². The summed E-state index contributed by atoms with van der Waals surface area (Å²) < 4.78 is 5.65. The van der Waals surface area contributed by atoms with Gasteiger partial charge in [-0.3, -0.25) is 4.79 Å². The summed E-state index contributed by atoms with van der Waals surface area (Å²) in [6.07, 6.45) is 2.02. The number of amides is 1. The van der Waals surface area contributed by atoms with Crippen LogP contribution in [0.4, 0.5) is 5.69 Å². The molecule has 0 heterocycles. The van der Waals surface area contributed by atoms with Crippen LogP contribution in [0.15, 0.2) is 24.3 Å². The van der Waals surface area contributed by atoms with Gasteiger partial charge < -0.3 is 15.0 Å². The number of carbonyl (C=O) groups is 1. The van der Waals surface area contributed by atoms with Crippen LogP contribution in [0.5, 0.6) is 5.75 Å². The molecule has 0 aliphatic heterocycles. The van der Waals surface area contributed by atoms with Gasteiger partial charge in [-0.1, -0.05) is 6.92 Å². The van der Waals surface area contributed by atoms with Gasteiger partial charge in [0.05, 0.1) is 6.61 Å². The third-order valence-electron chi connectivity index (χ3n) is 3.59. The molecule has 1 aromatic rings. The lowest BCUT2D eigenvalue weighted by atomic mass is 10.2. The van der Waals surface area contributed by atoms with Gasteiger partial charge in [0.25, 0.3) is 0 Å². The van der Waals surface area contributed by atoms with Crippen LogP contribution in [0.25, 0.3) is 0 Å². The number of nitrogens with one attached hydrogen (secondary N) is 1. The lowest BCUT2D eigenvalue weighted by Crippen LogP contribution is -2.15. The fourth-order valence-corrected chi connectivity index (χ4v) is 2.13. The molecule has 0 radical (unpaired) electrons. The van der Waals surface area contributed by atoms with Gasteiger partial charge >= 0.3 is 0 Å². The third-order valence-corrected chi connectivity index (χ3v) is 3.59. The van der Waals surface area contributed by atoms with Crippen LogP contribution in [0.2, 0.25) is 0 Å². The Hall–Kier alpha value is -1.55. The summed E-state index contributed by atoms with van der Waals surface area (Å²) in [7, 11) is 4.11. The number of ether oxygens (including phenoxy) is 1. The van der Waals surface area contributed by atoms with E-state index in [-0.39, 0.29) is 11.8 Å². The summed E-state index contributed by atoms with van der Waals surface area (Å²) in [5.74, 6) is 1.73. The summed E-state index contributed by atoms with van der Waals surface area (Å²) >= 11 is 0. The second-order valence-corrected chi connectivity index (χ2v) is 5.84. The van der Waals surface area contributed by atoms with E-state index in [2.05, 4.69) is 31.2 Å². The maximum Gasteiger partial charge on any atom is 0.227 e. The predicted molar refractivity (Wildman–Crippen MR) is 81.0 cm³/mol. The number of carbonyl (C=O) groups excluding carboxylic acids is 1. The fourth-order valence-electron chi connectivity index (χ4n) is 2.13. The Morgan fingerprint density at radius 1 is 1.35 bits per heavy atom. The van der Waals surface area contributed by atoms with Crippen molar-refractivity contribution in [2.45, 2.75) is 19.8 Å². The van der Waals surface area contributed by atoms with E-state index in [9.17, 15) is 4.79 Å². The molecule has 1 N–H and O–H groups in total. The van der Waals surface area contributed by atoms with Crippen molar-refractivity contribution in [1.82, 2.24) is 4.90 Å². The van der Waals surface area contributed by atoms with Crippen LogP contribution in [-0.2, 0) is 4.79 Å². The maximum atomic E-state index is 11.8. The molecule has 2 atom stereocenters. The topological polar surface area (TPSA) is 41.6 Å². The molecule has 0 unspecified atom stereocenters. The molecule has 20 heavy (non-hydrogen) atoms. The second kappa shape index (κ2) is 6.75. The molecular weight excluding hydrogens is 252 g/mol. The van der Waals surface area contributed by atoms with Crippen LogP contribution >= 0.6 is 0 Å². The van der Waals surface area contributed by atoms with E-state index in [1.54, 1.807) is 0 Å². The molecule has 1 saturated carbocycles. The molecule has 1 fully saturated rings. The number of rotatable bonds is 7. The molecule has 0 spiro atoms. The van der Waals surface area contributed by atoms with Gasteiger partial charge in [0.2, 0.25) is 5.91 Å². The molecule has 0 saturated heterocycles. The molecule has 4 heteroatoms. The van der Waals surface area contributed by atoms with Crippen molar-refractivity contribution in [3.05, 3.63) is 24.3 Å². The van der Waals surface area contributed by atoms with Gasteiger partial charge in [-0.15, -0.1) is 0 Å². The van der Waals surface area contributed by atoms with Crippen LogP contribution in [0.3, 0.4) is 0 Å². The minimum absolute atomic E-state index is 0.136. The van der Waals surface area contributed by atoms with Crippen molar-refractivity contribution in [3.63, 3.8) is 0 Å². The highest BCUT2D eigenvalue weighted by atomic mass is 16.5. The Labute approximate surface area is 121 Å². The van der Waals surface area contributed by atoms with Crippen molar-refractivity contribution in [2.24, 2.45) is 11.8 Å². The molecule has 1 aromatic carbocycles. The zero-order chi connectivity index (χ0) is 14.5. The van der Waals surface area contributed by atoms with Gasteiger partial charge in [0.1, 0.15) is 5.75 Å². The molecule has 110 valence electrons. The fraction of sp³-hybridized carbons (Fsp3) is 0.562. The minimum Gasteiger partial charge on any atom is -0.494 e. The predicted octanol–water partition coefficient (Wildman–Crippen LogP) is 2.61. The van der Waals surface area contributed by atoms with E-state index in [4.69, 9.17) is 4.74 Å². The summed E-state index contributed by atoms with van der Waals surface area (Å²) in [5, 5.41) is 2.94. The second-order valence-electron chi connectivity index (χ2n) is 5.84. The quantitative estimate of drug-likeness (QED) is 0.778. The monoisotopic (exact) mass is 276 g/mol. The molecular formula is C16H24N2O2. The first-order valence-corrected chi connectivity index (χ1v) is 7.24. The van der Waals surface area contributed by atoms with Gasteiger partial charge in [-0.25, -0.2) is 0 Å². The first-order valence-electron chi connectivity index (χ1n) is 7.24. The number of benzene rings is 1. The van der Waals surface area contributed by atoms with E-state index >= 15 is 0 Å². The summed E-state index contributed by atoms with van der Waals surface area (Å²) in [5.41, 5.74) is 0.842. The smallest absolute Gasteiger partial charge is 0.227 e. The summed E-state index contributed by atoms with van der Waals surface area (Å²) in [6, 6.07) is 7.60. The third kappa shape index (κ3) is 4.53. The normalized spacial score (nSPS) is 20.8. The highest BCUT2D eigenvalue weighted by Crippen LogP contribution is 2.38. The Balaban J connectivity index is 1.73. The van der Waals surface area contributed by atoms with Gasteiger partial charge in [0, 0.05) is 18.2 Å². The summed E-state index contributed by atoms with van der Waals surface area (Å²) in [4.78, 5) is 13.9. The van der Waals surface area contributed by atoms with E-state index in [1.165, 1.54) is 0 Å². The molecule has 4 nitrogen and oxygen atoms in total. The Morgan fingerprint density at radius 3 is 2.55 bits per heavy atom. The first kappa shape index (κ1) is 14.9. The average Bonchev–Trinajstić information content (AvgIpc) is 3.14. The zero-order valence-electron chi connectivity index (χ0n) is 12.6. The number of hydrogen-bond acceptors (Lipinski definition) is 3. The first-order chi connectivity index (χ1) is 9.56. The lowest BCUT2D eigenvalue weighted by Gasteiger charge is -2.11. The van der Waals surface area contributed by atoms with Crippen molar-refractivity contribution in [1.29, 1.82) is 0 Å². The van der Waals surface area contributed by atoms with Crippen LogP contribution in [0, 0.1) is 11.8 Å². The largest absolute Gasteiger partial charge is 0.494 e. The Kier molecular flexibility index (Phi) is 5.01. The molecule has 0 aromatic heterocycles. The number of hydrogen-bond donors (Lipinski definition) is 1. The van der Waals surface area contributed by atoms with Crippen molar-refractivity contribution < 1.29 is 9.53 Å². The van der Waals surface area contributed by atoms with Gasteiger partial charge in [-0.2, -0.15) is 0 Å². The molecule has 1 aliphatic carbocycles. The molecule has 2 rings (SSSR count). The Bertz CT molecular complexity index is 442. The van der Waals surface area contributed by atoms with Gasteiger partial charge in [-0.05, 0) is 57.1 Å². The van der Waals surface area contributed by atoms with Gasteiger partial charge in [0.15, 0.2) is 0 Å². The Morgan fingerprint density at radius 2 is 2.00 bits per heavy atom. The maximum absolute atomic E-state index is 11.8. The van der Waals surface area contributed by atoms with Crippen molar-refractivity contribution >= 4 is 11.6 Å². The molecule has 1 aliphatic rings. The lowest BCUT2D eigenvalue weighted by molar-refractivity contribution is -0.117. The molecule has 0 bridgehead atoms. The number of nitrogens with zero attached hydrogens (tertiary/aromatic N) is 1. The average molecular weight is 276 g/mol. The standard InChI is InChI=1S/C16H24N2O2/c1-12-11-15(12)16(19)17-13-5-7-14(8-6-13)20-10-4-9-18(2)3/h5-8,12,15H,4,9-11H2,1-3H3,(H,17,19)/t12-,15+/m1/s1. The van der Waals surface area contributed by atoms with E-state index in [0.717, 1.165) is 30.8 Å². The molecule has 1 amide bonds. The summed E-state index contributed by atoms with van der Waals surface area (Å²) in [6.45, 7) is 3.84. The zero-order valence-corrected chi connectivity index (χ0v) is 12.6. The minimum atomic E-state index is 0.136. The van der Waals surface area contributed by atoms with Crippen molar-refractivity contribution in [2.75, 3.05) is 32.6 Å². The SMILES string of the molecule is C[C@@H]1C[C@@H]1C(=O)Nc1ccc(OCCCN(C)C)cc1.